The second-order valence-electron chi connectivity index (χ2n) is 0.905. The fourth-order valence-electron chi connectivity index (χ4n) is 0. The Labute approximate surface area is 42.4 Å². The molecule has 30 valence electrons. The van der Waals surface area contributed by atoms with Gasteiger partial charge in [0.2, 0.25) is 0 Å². The lowest BCUT2D eigenvalue weighted by molar-refractivity contribution is 0.530. The maximum atomic E-state index is 11.4. The summed E-state index contributed by atoms with van der Waals surface area (Å²) in [5, 5.41) is 0. The Morgan fingerprint density at radius 1 is 1.60 bits per heavy atom. The van der Waals surface area contributed by atoms with Crippen molar-refractivity contribution in [3.05, 3.63) is 0 Å². The maximum absolute atomic E-state index is 11.4. The lowest BCUT2D eigenvalue weighted by Gasteiger charge is -1.97. The molecule has 0 N–H and O–H groups in total. The molecule has 0 aromatic heterocycles. The molecule has 0 heterocycles. The average Bonchev–Trinajstić information content (AvgIpc) is 0.722. The third kappa shape index (κ3) is 70.6. The van der Waals surface area contributed by atoms with Crippen LogP contribution in [0.15, 0.2) is 0 Å². The van der Waals surface area contributed by atoms with Gasteiger partial charge in [0.25, 0.3) is 0 Å². The molecule has 0 saturated carbocycles. The van der Waals surface area contributed by atoms with E-state index < -0.39 is 4.23 Å². The lowest BCUT2D eigenvalue weighted by Crippen LogP contribution is -1.99. The topological polar surface area (TPSA) is 0 Å². The molecule has 0 bridgehead atoms. The Balaban J connectivity index is 3.02. The highest BCUT2D eigenvalue weighted by atomic mass is 32.2. The molecule has 0 rings (SSSR count). The molecular formula is CH4BFS2. The Hall–Kier alpha value is 0.695. The quantitative estimate of drug-likeness (QED) is 0.246. The van der Waals surface area contributed by atoms with Crippen molar-refractivity contribution in [3.8, 4) is 0 Å². The van der Waals surface area contributed by atoms with Crippen molar-refractivity contribution < 1.29 is 4.39 Å². The van der Waals surface area contributed by atoms with E-state index >= 15 is 0 Å². The predicted octanol–water partition coefficient (Wildman–Crippen LogP) is 0.0599. The van der Waals surface area contributed by atoms with E-state index in [0.717, 1.165) is 0 Å². The zero-order valence-corrected chi connectivity index (χ0v) is 4.56. The van der Waals surface area contributed by atoms with Crippen LogP contribution in [0.5, 0.6) is 0 Å². The van der Waals surface area contributed by atoms with Crippen LogP contribution in [0.3, 0.4) is 0 Å². The van der Waals surface area contributed by atoms with Crippen molar-refractivity contribution in [2.24, 2.45) is 0 Å². The molecule has 0 saturated heterocycles. The number of alkyl halides is 1. The second kappa shape index (κ2) is 1.43. The third-order valence-electron chi connectivity index (χ3n) is 0. The first-order chi connectivity index (χ1) is 2.00. The van der Waals surface area contributed by atoms with Crippen molar-refractivity contribution in [2.75, 3.05) is 0 Å². The van der Waals surface area contributed by atoms with Crippen molar-refractivity contribution in [2.45, 2.75) is 4.23 Å². The first kappa shape index (κ1) is 5.69. The first-order valence-corrected chi connectivity index (χ1v) is 2.03. The summed E-state index contributed by atoms with van der Waals surface area (Å²) in [6.07, 6.45) is 0. The summed E-state index contributed by atoms with van der Waals surface area (Å²) in [5.74, 6) is 0. The highest BCUT2D eigenvalue weighted by Gasteiger charge is 2.05. The molecule has 0 aromatic carbocycles. The van der Waals surface area contributed by atoms with Crippen LogP contribution in [0.25, 0.3) is 0 Å². The van der Waals surface area contributed by atoms with Gasteiger partial charge in [-0.3, -0.25) is 0 Å². The van der Waals surface area contributed by atoms with Gasteiger partial charge in [-0.2, -0.15) is 0 Å². The molecule has 0 aliphatic heterocycles. The van der Waals surface area contributed by atoms with Gasteiger partial charge in [0.05, 0.1) is 0 Å². The molecule has 4 heteroatoms. The van der Waals surface area contributed by atoms with E-state index in [-0.39, 0.29) is 0 Å². The van der Waals surface area contributed by atoms with Gasteiger partial charge < -0.3 is 0 Å². The number of hydrogen-bond acceptors (Lipinski definition) is 2. The van der Waals surface area contributed by atoms with E-state index in [1.807, 2.05) is 0 Å². The van der Waals surface area contributed by atoms with E-state index in [1.54, 1.807) is 0 Å². The smallest absolute Gasteiger partial charge is 0.177 e. The lowest BCUT2D eigenvalue weighted by atomic mass is 10.2. The van der Waals surface area contributed by atoms with Crippen LogP contribution in [0.4, 0.5) is 4.39 Å². The minimum Gasteiger partial charge on any atom is -0.232 e. The zero-order chi connectivity index (χ0) is 4.50. The van der Waals surface area contributed by atoms with Crippen LogP contribution in [0.2, 0.25) is 0 Å². The van der Waals surface area contributed by atoms with Crippen LogP contribution < -0.4 is 0 Å². The fourth-order valence-corrected chi connectivity index (χ4v) is 0. The average molecular weight is 110 g/mol. The van der Waals surface area contributed by atoms with Crippen LogP contribution in [-0.2, 0) is 0 Å². The van der Waals surface area contributed by atoms with E-state index in [2.05, 4.69) is 25.3 Å². The largest absolute Gasteiger partial charge is 0.232 e. The highest BCUT2D eigenvalue weighted by molar-refractivity contribution is 8.02. The third-order valence-corrected chi connectivity index (χ3v) is 0. The fraction of sp³-hybridized carbons (Fsp3) is 1.00. The van der Waals surface area contributed by atoms with Crippen molar-refractivity contribution in [3.63, 3.8) is 0 Å². The summed E-state index contributed by atoms with van der Waals surface area (Å²) in [6, 6.07) is 0. The van der Waals surface area contributed by atoms with Gasteiger partial charge in [0, 0.05) is 0 Å². The van der Waals surface area contributed by atoms with E-state index in [0.29, 0.717) is 0 Å². The molecule has 0 aliphatic rings. The standard InChI is InChI=1S/CH4BFS2/c2-1(3,4)5/h4-5H,2H2. The summed E-state index contributed by atoms with van der Waals surface area (Å²) in [4.78, 5) is 0. The van der Waals surface area contributed by atoms with E-state index in [4.69, 9.17) is 0 Å². The normalized spacial score (nSPS) is 11.8. The molecular weight excluding hydrogens is 106 g/mol. The van der Waals surface area contributed by atoms with Gasteiger partial charge in [0.15, 0.2) is 12.1 Å². The molecule has 0 unspecified atom stereocenters. The highest BCUT2D eigenvalue weighted by Crippen LogP contribution is 2.13. The van der Waals surface area contributed by atoms with Crippen LogP contribution >= 0.6 is 25.3 Å². The summed E-state index contributed by atoms with van der Waals surface area (Å²) >= 11 is 6.64. The Kier molecular flexibility index (Phi) is 1.63. The molecule has 0 spiro atoms. The van der Waals surface area contributed by atoms with Gasteiger partial charge >= 0.3 is 0 Å². The van der Waals surface area contributed by atoms with Crippen LogP contribution in [0, 0.1) is 0 Å². The first-order valence-electron chi connectivity index (χ1n) is 1.14. The molecule has 0 amide bonds. The SMILES string of the molecule is BC(F)(S)S. The minimum atomic E-state index is -1.61. The molecule has 5 heavy (non-hydrogen) atoms. The van der Waals surface area contributed by atoms with Gasteiger partial charge in [-0.15, -0.1) is 25.3 Å². The van der Waals surface area contributed by atoms with Gasteiger partial charge in [-0.05, 0) is 0 Å². The van der Waals surface area contributed by atoms with Crippen molar-refractivity contribution in [1.29, 1.82) is 0 Å². The van der Waals surface area contributed by atoms with Crippen molar-refractivity contribution >= 4 is 33.1 Å². The van der Waals surface area contributed by atoms with Gasteiger partial charge in [-0.1, -0.05) is 0 Å². The number of hydrogen-bond donors (Lipinski definition) is 2. The molecule has 0 radical (unpaired) electrons. The molecule has 0 fully saturated rings. The van der Waals surface area contributed by atoms with Gasteiger partial charge in [0.1, 0.15) is 0 Å². The summed E-state index contributed by atoms with van der Waals surface area (Å²) in [5.41, 5.74) is 0. The number of halogens is 1. The molecule has 0 atom stereocenters. The van der Waals surface area contributed by atoms with Crippen LogP contribution in [-0.4, -0.2) is 12.1 Å². The Bertz CT molecular complexity index is 25.1. The monoisotopic (exact) mass is 110 g/mol. The number of rotatable bonds is 0. The predicted molar refractivity (Wildman–Crippen MR) is 30.4 cm³/mol. The van der Waals surface area contributed by atoms with E-state index in [9.17, 15) is 4.39 Å². The second-order valence-corrected chi connectivity index (χ2v) is 2.94. The summed E-state index contributed by atoms with van der Waals surface area (Å²) < 4.78 is 9.80. The summed E-state index contributed by atoms with van der Waals surface area (Å²) in [7, 11) is 1.25. The maximum Gasteiger partial charge on any atom is 0.177 e. The van der Waals surface area contributed by atoms with Crippen LogP contribution in [0.1, 0.15) is 0 Å². The minimum absolute atomic E-state index is 1.25. The Morgan fingerprint density at radius 2 is 1.60 bits per heavy atom. The molecule has 0 aromatic rings. The zero-order valence-electron chi connectivity index (χ0n) is 2.77. The molecule has 0 aliphatic carbocycles. The summed E-state index contributed by atoms with van der Waals surface area (Å²) in [6.45, 7) is 0. The Morgan fingerprint density at radius 3 is 1.60 bits per heavy atom. The molecule has 0 nitrogen and oxygen atoms in total. The van der Waals surface area contributed by atoms with Gasteiger partial charge in [-0.25, -0.2) is 4.39 Å². The number of thiol groups is 2. The van der Waals surface area contributed by atoms with E-state index in [1.165, 1.54) is 7.85 Å². The van der Waals surface area contributed by atoms with Crippen molar-refractivity contribution in [1.82, 2.24) is 0 Å².